The predicted molar refractivity (Wildman–Crippen MR) is 27.9 cm³/mol. The summed E-state index contributed by atoms with van der Waals surface area (Å²) in [6.45, 7) is 0. The van der Waals surface area contributed by atoms with E-state index in [-0.39, 0.29) is 87.2 Å². The molecule has 0 saturated carbocycles. The monoisotopic (exact) mass is 338 g/mol. The van der Waals surface area contributed by atoms with Crippen LogP contribution in [0.25, 0.3) is 0 Å². The molecule has 0 heterocycles. The minimum Gasteiger partial charge on any atom is -0.147 e. The molecule has 0 rings (SSSR count). The summed E-state index contributed by atoms with van der Waals surface area (Å²) >= 11 is 0. The summed E-state index contributed by atoms with van der Waals surface area (Å²) in [6.07, 6.45) is 0. The standard InChI is InChI=1S/2BrH.ClH.Nd/h3*1H;. The zero-order chi connectivity index (χ0) is 0. The van der Waals surface area contributed by atoms with Gasteiger partial charge in [0.05, 0.1) is 0 Å². The molecule has 0 N–H and O–H groups in total. The summed E-state index contributed by atoms with van der Waals surface area (Å²) in [5, 5.41) is 0. The van der Waals surface area contributed by atoms with Gasteiger partial charge >= 0.3 is 0 Å². The van der Waals surface area contributed by atoms with Gasteiger partial charge in [-0.1, -0.05) is 0 Å². The summed E-state index contributed by atoms with van der Waals surface area (Å²) in [4.78, 5) is 0. The molecule has 0 saturated heterocycles. The van der Waals surface area contributed by atoms with Gasteiger partial charge in [0.2, 0.25) is 0 Å². The zero-order valence-corrected chi connectivity index (χ0v) is 9.18. The maximum absolute atomic E-state index is 0. The van der Waals surface area contributed by atoms with Gasteiger partial charge in [0.1, 0.15) is 0 Å². The van der Waals surface area contributed by atoms with Crippen molar-refractivity contribution in [1.29, 1.82) is 0 Å². The first-order chi connectivity index (χ1) is 0. The Labute approximate surface area is 85.6 Å². The largest absolute Gasteiger partial charge is 0.147 e. The van der Waals surface area contributed by atoms with Crippen LogP contribution in [0.1, 0.15) is 0 Å². The summed E-state index contributed by atoms with van der Waals surface area (Å²) in [6, 6.07) is 0. The molecule has 4 heavy (non-hydrogen) atoms. The zero-order valence-electron chi connectivity index (χ0n) is 1.72. The third-order valence-corrected chi connectivity index (χ3v) is 0. The first-order valence-electron chi connectivity index (χ1n) is 0. The van der Waals surface area contributed by atoms with Crippen LogP contribution in [0.5, 0.6) is 0 Å². The van der Waals surface area contributed by atoms with E-state index in [1.165, 1.54) is 0 Å². The van der Waals surface area contributed by atoms with Crippen LogP contribution >= 0.6 is 46.4 Å². The van der Waals surface area contributed by atoms with E-state index in [1.54, 1.807) is 0 Å². The molecule has 0 bridgehead atoms. The first kappa shape index (κ1) is 30.6. The van der Waals surface area contributed by atoms with E-state index in [1.807, 2.05) is 0 Å². The Hall–Kier alpha value is 2.60. The second-order valence-electron chi connectivity index (χ2n) is 0. The molecular weight excluding hydrogens is 340 g/mol. The predicted octanol–water partition coefficient (Wildman–Crippen LogP) is 1.58. The van der Waals surface area contributed by atoms with E-state index in [0.717, 1.165) is 0 Å². The Morgan fingerprint density at radius 2 is 0.750 bits per heavy atom. The van der Waals surface area contributed by atoms with Crippen LogP contribution < -0.4 is 0 Å². The maximum Gasteiger partial charge on any atom is 0 e. The van der Waals surface area contributed by atoms with Crippen LogP contribution in [-0.2, 0) is 0 Å². The molecule has 0 aliphatic heterocycles. The molecule has 0 amide bonds. The Balaban J connectivity index is 0. The smallest absolute Gasteiger partial charge is 0 e. The van der Waals surface area contributed by atoms with Crippen molar-refractivity contribution >= 4 is 46.4 Å². The molecule has 0 aromatic carbocycles. The fourth-order valence-corrected chi connectivity index (χ4v) is 0. The Kier molecular flexibility index (Phi) is 134. The minimum absolute atomic E-state index is 0. The molecule has 0 unspecified atom stereocenters. The molecule has 0 atom stereocenters. The van der Waals surface area contributed by atoms with Crippen molar-refractivity contribution in [2.45, 2.75) is 0 Å². The van der Waals surface area contributed by atoms with E-state index < -0.39 is 0 Å². The third-order valence-electron chi connectivity index (χ3n) is 0. The van der Waals surface area contributed by atoms with Gasteiger partial charge in [-0.15, -0.1) is 46.4 Å². The van der Waals surface area contributed by atoms with Crippen molar-refractivity contribution in [1.82, 2.24) is 0 Å². The molecule has 0 nitrogen and oxygen atoms in total. The fraction of sp³-hybridized carbons (Fsp3) is 0. The van der Waals surface area contributed by atoms with Gasteiger partial charge in [0.15, 0.2) is 0 Å². The van der Waals surface area contributed by atoms with Crippen molar-refractivity contribution < 1.29 is 40.8 Å². The Bertz CT molecular complexity index is 6.00. The van der Waals surface area contributed by atoms with Gasteiger partial charge in [-0.3, -0.25) is 0 Å². The van der Waals surface area contributed by atoms with Crippen molar-refractivity contribution in [3.05, 3.63) is 0 Å². The topological polar surface area (TPSA) is 0 Å². The second kappa shape index (κ2) is 17.5. The van der Waals surface area contributed by atoms with Gasteiger partial charge in [0.25, 0.3) is 0 Å². The van der Waals surface area contributed by atoms with Gasteiger partial charge in [-0.05, 0) is 0 Å². The first-order valence-corrected chi connectivity index (χ1v) is 0. The maximum atomic E-state index is 0. The van der Waals surface area contributed by atoms with E-state index in [0.29, 0.717) is 0 Å². The fourth-order valence-electron chi connectivity index (χ4n) is 0. The van der Waals surface area contributed by atoms with E-state index in [9.17, 15) is 0 Å². The number of rotatable bonds is 0. The van der Waals surface area contributed by atoms with Crippen LogP contribution in [0.15, 0.2) is 0 Å². The molecule has 28 valence electrons. The summed E-state index contributed by atoms with van der Waals surface area (Å²) < 4.78 is 0. The van der Waals surface area contributed by atoms with Crippen LogP contribution in [0.3, 0.4) is 0 Å². The molecule has 0 fully saturated rings. The minimum atomic E-state index is 0. The quantitative estimate of drug-likeness (QED) is 0.627. The molecule has 0 aliphatic carbocycles. The van der Waals surface area contributed by atoms with Gasteiger partial charge in [-0.2, -0.15) is 0 Å². The van der Waals surface area contributed by atoms with E-state index in [2.05, 4.69) is 0 Å². The summed E-state index contributed by atoms with van der Waals surface area (Å²) in [7, 11) is 0. The normalized spacial score (nSPS) is 0. The number of hydrogen-bond acceptors (Lipinski definition) is 0. The average Bonchev–Trinajstić information content (AvgIpc) is 0. The Morgan fingerprint density at radius 1 is 0.750 bits per heavy atom. The second-order valence-corrected chi connectivity index (χ2v) is 0. The van der Waals surface area contributed by atoms with Gasteiger partial charge in [-0.25, -0.2) is 0 Å². The van der Waals surface area contributed by atoms with Crippen molar-refractivity contribution in [2.24, 2.45) is 0 Å². The van der Waals surface area contributed by atoms with Gasteiger partial charge in [0, 0.05) is 40.8 Å². The summed E-state index contributed by atoms with van der Waals surface area (Å²) in [5.74, 6) is 0. The van der Waals surface area contributed by atoms with Crippen LogP contribution in [0.2, 0.25) is 0 Å². The molecule has 4 heteroatoms. The van der Waals surface area contributed by atoms with Crippen LogP contribution in [0.4, 0.5) is 0 Å². The van der Waals surface area contributed by atoms with E-state index in [4.69, 9.17) is 0 Å². The van der Waals surface area contributed by atoms with Crippen molar-refractivity contribution in [2.75, 3.05) is 0 Å². The van der Waals surface area contributed by atoms with E-state index >= 15 is 0 Å². The molecule has 0 aromatic rings. The SMILES string of the molecule is Br.Br.Cl.[Nd]. The number of hydrogen-bond donors (Lipinski definition) is 0. The van der Waals surface area contributed by atoms with Crippen LogP contribution in [-0.4, -0.2) is 0 Å². The van der Waals surface area contributed by atoms with Crippen molar-refractivity contribution in [3.8, 4) is 0 Å². The number of halogens is 3. The van der Waals surface area contributed by atoms with Gasteiger partial charge < -0.3 is 0 Å². The molecular formula is H3Br2ClNd. The molecule has 0 aromatic heterocycles. The summed E-state index contributed by atoms with van der Waals surface area (Å²) in [5.41, 5.74) is 0. The molecule has 0 aliphatic rings. The molecule has 0 radical (unpaired) electrons. The third kappa shape index (κ3) is 8.82. The average molecular weight is 343 g/mol. The van der Waals surface area contributed by atoms with Crippen molar-refractivity contribution in [3.63, 3.8) is 0 Å². The molecule has 0 spiro atoms. The Morgan fingerprint density at radius 3 is 0.750 bits per heavy atom. The van der Waals surface area contributed by atoms with Crippen LogP contribution in [0, 0.1) is 40.8 Å².